The van der Waals surface area contributed by atoms with Gasteiger partial charge in [-0.2, -0.15) is 0 Å². The summed E-state index contributed by atoms with van der Waals surface area (Å²) in [5.74, 6) is -2.28. The number of ether oxygens (including phenoxy) is 1. The second kappa shape index (κ2) is 18.3. The molecule has 6 rings (SSSR count). The third-order valence-electron chi connectivity index (χ3n) is 9.93. The van der Waals surface area contributed by atoms with Gasteiger partial charge in [0, 0.05) is 42.0 Å². The van der Waals surface area contributed by atoms with Crippen LogP contribution >= 0.6 is 0 Å². The molecular weight excluding hydrogens is 713 g/mol. The number of aromatic nitrogens is 1. The molecule has 0 saturated carbocycles. The molecule has 3 N–H and O–H groups in total. The Morgan fingerprint density at radius 1 is 0.893 bits per heavy atom. The smallest absolute Gasteiger partial charge is 0.407 e. The molecular formula is C46H51F2N3O5. The van der Waals surface area contributed by atoms with Crippen LogP contribution in [0.4, 0.5) is 13.6 Å². The van der Waals surface area contributed by atoms with E-state index in [0.717, 1.165) is 46.0 Å². The van der Waals surface area contributed by atoms with Crippen LogP contribution in [-0.4, -0.2) is 57.5 Å². The molecule has 56 heavy (non-hydrogen) atoms. The molecule has 10 heteroatoms. The Morgan fingerprint density at radius 2 is 1.50 bits per heavy atom. The van der Waals surface area contributed by atoms with Gasteiger partial charge in [0.15, 0.2) is 0 Å². The van der Waals surface area contributed by atoms with Gasteiger partial charge < -0.3 is 29.7 Å². The molecule has 5 aromatic rings. The highest BCUT2D eigenvalue weighted by atomic mass is 19.1. The summed E-state index contributed by atoms with van der Waals surface area (Å²) in [4.78, 5) is 28.4. The highest BCUT2D eigenvalue weighted by Crippen LogP contribution is 2.45. The lowest BCUT2D eigenvalue weighted by molar-refractivity contribution is -0.139. The van der Waals surface area contributed by atoms with Gasteiger partial charge in [-0.25, -0.2) is 13.6 Å². The molecule has 1 heterocycles. The highest BCUT2D eigenvalue weighted by Gasteiger charge is 2.38. The fraction of sp³-hybridized carbons (Fsp3) is 0.304. The fourth-order valence-electron chi connectivity index (χ4n) is 7.47. The van der Waals surface area contributed by atoms with Crippen molar-refractivity contribution in [3.63, 3.8) is 0 Å². The minimum Gasteiger partial charge on any atom is -0.511 e. The van der Waals surface area contributed by atoms with Crippen molar-refractivity contribution >= 4 is 12.0 Å². The number of aliphatic hydroxyl groups excluding tert-OH is 2. The van der Waals surface area contributed by atoms with Crippen molar-refractivity contribution in [2.75, 3.05) is 19.8 Å². The Hall–Kier alpha value is -5.74. The van der Waals surface area contributed by atoms with Gasteiger partial charge in [0.05, 0.1) is 12.1 Å². The van der Waals surface area contributed by atoms with Crippen LogP contribution in [0.1, 0.15) is 75.4 Å². The minimum atomic E-state index is -0.997. The largest absolute Gasteiger partial charge is 0.511 e. The van der Waals surface area contributed by atoms with Crippen molar-refractivity contribution in [1.82, 2.24) is 14.8 Å². The van der Waals surface area contributed by atoms with Crippen molar-refractivity contribution in [2.24, 2.45) is 5.41 Å². The summed E-state index contributed by atoms with van der Waals surface area (Å²) in [5, 5.41) is 23.5. The molecule has 294 valence electrons. The van der Waals surface area contributed by atoms with Gasteiger partial charge in [-0.1, -0.05) is 120 Å². The zero-order valence-electron chi connectivity index (χ0n) is 32.6. The van der Waals surface area contributed by atoms with E-state index in [1.54, 1.807) is 12.3 Å². The molecule has 2 atom stereocenters. The number of amides is 2. The van der Waals surface area contributed by atoms with Gasteiger partial charge >= 0.3 is 6.09 Å². The predicted octanol–water partition coefficient (Wildman–Crippen LogP) is 9.78. The van der Waals surface area contributed by atoms with E-state index in [2.05, 4.69) is 11.9 Å². The maximum absolute atomic E-state index is 15.1. The number of halogens is 2. The normalized spacial score (nSPS) is 13.1. The fourth-order valence-corrected chi connectivity index (χ4v) is 7.47. The van der Waals surface area contributed by atoms with E-state index in [4.69, 9.17) is 4.74 Å². The molecule has 0 spiro atoms. The predicted molar refractivity (Wildman–Crippen MR) is 216 cm³/mol. The number of fused-ring (bicyclic) bond motifs is 3. The van der Waals surface area contributed by atoms with Crippen LogP contribution in [0.2, 0.25) is 0 Å². The first-order valence-electron chi connectivity index (χ1n) is 18.9. The van der Waals surface area contributed by atoms with Crippen LogP contribution in [-0.2, 0) is 16.1 Å². The molecule has 1 aliphatic rings. The number of rotatable bonds is 13. The quantitative estimate of drug-likeness (QED) is 0.104. The minimum absolute atomic E-state index is 0.0184. The Balaban J connectivity index is 0.00000295. The SMILES string of the molecule is C=C(O)C(CCN(C(=O)CO)C(c1cc(-c2cc(F)ccc2F)cn1Cc1ccccc1)C(C)(C)C)NC(=O)OCC1c2ccccc2-c2ccccc21.CC. The number of benzene rings is 4. The Kier molecular flexibility index (Phi) is 13.5. The Morgan fingerprint density at radius 3 is 2.09 bits per heavy atom. The van der Waals surface area contributed by atoms with Gasteiger partial charge in [0.1, 0.15) is 30.6 Å². The van der Waals surface area contributed by atoms with Crippen molar-refractivity contribution < 1.29 is 33.3 Å². The lowest BCUT2D eigenvalue weighted by Crippen LogP contribution is -2.46. The second-order valence-electron chi connectivity index (χ2n) is 14.7. The van der Waals surface area contributed by atoms with E-state index in [1.165, 1.54) is 4.90 Å². The summed E-state index contributed by atoms with van der Waals surface area (Å²) in [6, 6.07) is 28.9. The monoisotopic (exact) mass is 763 g/mol. The van der Waals surface area contributed by atoms with E-state index in [0.29, 0.717) is 17.8 Å². The molecule has 0 bridgehead atoms. The number of alkyl carbamates (subject to hydrolysis) is 1. The molecule has 4 aromatic carbocycles. The topological polar surface area (TPSA) is 104 Å². The van der Waals surface area contributed by atoms with E-state index < -0.39 is 47.7 Å². The van der Waals surface area contributed by atoms with Crippen molar-refractivity contribution in [3.05, 3.63) is 156 Å². The summed E-state index contributed by atoms with van der Waals surface area (Å²) in [6.45, 7) is 13.1. The van der Waals surface area contributed by atoms with Crippen molar-refractivity contribution in [3.8, 4) is 22.3 Å². The molecule has 2 amide bonds. The van der Waals surface area contributed by atoms with Gasteiger partial charge in [0.2, 0.25) is 5.91 Å². The number of hydrogen-bond donors (Lipinski definition) is 3. The molecule has 1 aromatic heterocycles. The molecule has 0 saturated heterocycles. The third-order valence-corrected chi connectivity index (χ3v) is 9.93. The average molecular weight is 764 g/mol. The summed E-state index contributed by atoms with van der Waals surface area (Å²) in [7, 11) is 0. The summed E-state index contributed by atoms with van der Waals surface area (Å²) in [6.07, 6.45) is 1.00. The summed E-state index contributed by atoms with van der Waals surface area (Å²) < 4.78 is 37.1. The van der Waals surface area contributed by atoms with Crippen LogP contribution in [0.15, 0.2) is 122 Å². The van der Waals surface area contributed by atoms with E-state index >= 15 is 4.39 Å². The van der Waals surface area contributed by atoms with Gasteiger partial charge in [-0.05, 0) is 63.9 Å². The zero-order chi connectivity index (χ0) is 40.6. The number of aliphatic hydroxyl groups is 2. The maximum Gasteiger partial charge on any atom is 0.407 e. The van der Waals surface area contributed by atoms with E-state index in [-0.39, 0.29) is 36.8 Å². The Bertz CT molecular complexity index is 2100. The van der Waals surface area contributed by atoms with E-state index in [1.807, 2.05) is 118 Å². The summed E-state index contributed by atoms with van der Waals surface area (Å²) in [5.41, 5.74) is 5.70. The molecule has 8 nitrogen and oxygen atoms in total. The standard InChI is InChI=1S/C44H45F2N3O5.C2H6/c1-28(51)39(47-43(53)54-27-37-34-16-10-8-14-32(34)33-15-9-11-17-35(33)37)20-21-49(41(52)26-50)42(44(2,3)4)40-22-30(36-23-31(45)18-19-38(36)46)25-48(40)24-29-12-6-5-7-13-29;1-2/h5-19,22-23,25,37,39,42,50-51H,1,20-21,24,26-27H2,2-4H3,(H,47,53);1-2H3. The highest BCUT2D eigenvalue weighted by molar-refractivity contribution is 5.79. The lowest BCUT2D eigenvalue weighted by atomic mass is 9.82. The molecule has 0 fully saturated rings. The first-order valence-corrected chi connectivity index (χ1v) is 18.9. The number of carbonyl (C=O) groups is 2. The van der Waals surface area contributed by atoms with Gasteiger partial charge in [-0.15, -0.1) is 0 Å². The Labute approximate surface area is 328 Å². The van der Waals surface area contributed by atoms with Crippen LogP contribution < -0.4 is 5.32 Å². The van der Waals surface area contributed by atoms with Crippen LogP contribution in [0, 0.1) is 17.0 Å². The van der Waals surface area contributed by atoms with E-state index in [9.17, 15) is 24.2 Å². The molecule has 2 unspecified atom stereocenters. The zero-order valence-corrected chi connectivity index (χ0v) is 32.6. The lowest BCUT2D eigenvalue weighted by Gasteiger charge is -2.41. The molecule has 0 radical (unpaired) electrons. The first kappa shape index (κ1) is 41.4. The third kappa shape index (κ3) is 9.37. The second-order valence-corrected chi connectivity index (χ2v) is 14.7. The number of nitrogens with one attached hydrogen (secondary N) is 1. The molecule has 0 aliphatic heterocycles. The van der Waals surface area contributed by atoms with Crippen molar-refractivity contribution in [1.29, 1.82) is 0 Å². The number of nitrogens with zero attached hydrogens (tertiary/aromatic N) is 2. The maximum atomic E-state index is 15.1. The average Bonchev–Trinajstić information content (AvgIpc) is 3.74. The summed E-state index contributed by atoms with van der Waals surface area (Å²) >= 11 is 0. The van der Waals surface area contributed by atoms with Crippen molar-refractivity contribution in [2.45, 2.75) is 65.6 Å². The van der Waals surface area contributed by atoms with Crippen LogP contribution in [0.5, 0.6) is 0 Å². The van der Waals surface area contributed by atoms with Crippen LogP contribution in [0.3, 0.4) is 0 Å². The van der Waals surface area contributed by atoms with Gasteiger partial charge in [0.25, 0.3) is 0 Å². The van der Waals surface area contributed by atoms with Gasteiger partial charge in [-0.3, -0.25) is 4.79 Å². The number of carbonyl (C=O) groups excluding carboxylic acids is 2. The molecule has 1 aliphatic carbocycles. The van der Waals surface area contributed by atoms with Crippen LogP contribution in [0.25, 0.3) is 22.3 Å². The number of hydrogen-bond acceptors (Lipinski definition) is 5. The first-order chi connectivity index (χ1) is 26.8.